The second-order valence-electron chi connectivity index (χ2n) is 4.49. The van der Waals surface area contributed by atoms with Crippen LogP contribution >= 0.6 is 0 Å². The van der Waals surface area contributed by atoms with Crippen LogP contribution in [0.15, 0.2) is 47.5 Å². The summed E-state index contributed by atoms with van der Waals surface area (Å²) in [5.41, 5.74) is 4.04. The van der Waals surface area contributed by atoms with Gasteiger partial charge in [-0.25, -0.2) is 19.2 Å². The number of nitrogen functional groups attached to an aromatic ring is 1. The summed E-state index contributed by atoms with van der Waals surface area (Å²) in [5, 5.41) is 0. The van der Waals surface area contributed by atoms with E-state index in [1.807, 2.05) is 19.1 Å². The Hall–Kier alpha value is -2.12. The van der Waals surface area contributed by atoms with Crippen molar-refractivity contribution >= 4 is 21.5 Å². The molecule has 2 aromatic rings. The fourth-order valence-electron chi connectivity index (χ4n) is 1.93. The average Bonchev–Trinajstić information content (AvgIpc) is 2.54. The van der Waals surface area contributed by atoms with E-state index >= 15 is 0 Å². The Morgan fingerprint density at radius 2 is 1.90 bits per heavy atom. The molecule has 0 saturated carbocycles. The molecule has 3 N–H and O–H groups in total. The molecule has 1 aromatic carbocycles. The van der Waals surface area contributed by atoms with Crippen molar-refractivity contribution in [2.75, 3.05) is 16.8 Å². The van der Waals surface area contributed by atoms with Crippen molar-refractivity contribution in [3.05, 3.63) is 48.2 Å². The average molecular weight is 306 g/mol. The number of pyridine rings is 1. The number of hydrogen-bond acceptors (Lipinski definition) is 5. The third kappa shape index (κ3) is 2.98. The van der Waals surface area contributed by atoms with E-state index in [0.717, 1.165) is 12.0 Å². The lowest BCUT2D eigenvalue weighted by atomic mass is 10.1. The fourth-order valence-corrected chi connectivity index (χ4v) is 3.24. The normalized spacial score (nSPS) is 11.2. The molecule has 0 fully saturated rings. The maximum atomic E-state index is 12.7. The number of sulfonamides is 1. The summed E-state index contributed by atoms with van der Waals surface area (Å²) in [5.74, 6) is 5.45. The van der Waals surface area contributed by atoms with E-state index in [0.29, 0.717) is 5.69 Å². The molecular weight excluding hydrogens is 288 g/mol. The summed E-state index contributed by atoms with van der Waals surface area (Å²) in [6, 6.07) is 10.4. The number of nitrogens with one attached hydrogen (secondary N) is 1. The molecule has 0 amide bonds. The van der Waals surface area contributed by atoms with E-state index in [4.69, 9.17) is 5.84 Å². The van der Waals surface area contributed by atoms with Crippen LogP contribution < -0.4 is 15.6 Å². The van der Waals surface area contributed by atoms with Gasteiger partial charge in [0.05, 0.1) is 5.69 Å². The second-order valence-corrected chi connectivity index (χ2v) is 6.42. The lowest BCUT2D eigenvalue weighted by Gasteiger charge is -2.20. The van der Waals surface area contributed by atoms with E-state index in [9.17, 15) is 8.42 Å². The molecule has 0 unspecified atom stereocenters. The number of aromatic nitrogens is 1. The van der Waals surface area contributed by atoms with Gasteiger partial charge in [-0.15, -0.1) is 0 Å². The van der Waals surface area contributed by atoms with Crippen molar-refractivity contribution in [1.29, 1.82) is 0 Å². The zero-order chi connectivity index (χ0) is 15.5. The molecule has 112 valence electrons. The number of benzene rings is 1. The van der Waals surface area contributed by atoms with Crippen molar-refractivity contribution in [1.82, 2.24) is 4.98 Å². The number of hydrogen-bond donors (Lipinski definition) is 2. The topological polar surface area (TPSA) is 88.3 Å². The van der Waals surface area contributed by atoms with Crippen LogP contribution in [0.1, 0.15) is 12.5 Å². The number of hydrazine groups is 1. The largest absolute Gasteiger partial charge is 0.307 e. The van der Waals surface area contributed by atoms with Gasteiger partial charge in [0, 0.05) is 13.2 Å². The maximum Gasteiger partial charge on any atom is 0.267 e. The lowest BCUT2D eigenvalue weighted by Crippen LogP contribution is -2.28. The van der Waals surface area contributed by atoms with Crippen molar-refractivity contribution < 1.29 is 8.42 Å². The summed E-state index contributed by atoms with van der Waals surface area (Å²) in [7, 11) is -2.22. The molecule has 2 rings (SSSR count). The fraction of sp³-hybridized carbons (Fsp3) is 0.214. The molecular formula is C14H18N4O2S. The minimum Gasteiger partial charge on any atom is -0.307 e. The molecule has 0 radical (unpaired) electrons. The summed E-state index contributed by atoms with van der Waals surface area (Å²) in [6.45, 7) is 2.05. The third-order valence-electron chi connectivity index (χ3n) is 3.25. The molecule has 0 atom stereocenters. The highest BCUT2D eigenvalue weighted by atomic mass is 32.2. The molecule has 0 aliphatic rings. The van der Waals surface area contributed by atoms with E-state index < -0.39 is 10.0 Å². The van der Waals surface area contributed by atoms with Gasteiger partial charge in [-0.3, -0.25) is 4.31 Å². The van der Waals surface area contributed by atoms with E-state index in [1.165, 1.54) is 23.6 Å². The van der Waals surface area contributed by atoms with Gasteiger partial charge >= 0.3 is 0 Å². The van der Waals surface area contributed by atoms with E-state index in [-0.39, 0.29) is 10.7 Å². The number of nitrogens with zero attached hydrogens (tertiary/aromatic N) is 2. The van der Waals surface area contributed by atoms with Crippen LogP contribution in [-0.2, 0) is 16.4 Å². The van der Waals surface area contributed by atoms with Crippen molar-refractivity contribution in [2.45, 2.75) is 18.2 Å². The molecule has 21 heavy (non-hydrogen) atoms. The smallest absolute Gasteiger partial charge is 0.267 e. The van der Waals surface area contributed by atoms with Gasteiger partial charge in [0.15, 0.2) is 5.82 Å². The Labute approximate surface area is 124 Å². The highest BCUT2D eigenvalue weighted by Gasteiger charge is 2.24. The third-order valence-corrected chi connectivity index (χ3v) is 5.07. The van der Waals surface area contributed by atoms with Gasteiger partial charge in [-0.1, -0.05) is 19.1 Å². The van der Waals surface area contributed by atoms with Gasteiger partial charge in [0.25, 0.3) is 10.0 Å². The lowest BCUT2D eigenvalue weighted by molar-refractivity contribution is 0.594. The van der Waals surface area contributed by atoms with Gasteiger partial charge < -0.3 is 5.43 Å². The Kier molecular flexibility index (Phi) is 4.44. The first-order valence-electron chi connectivity index (χ1n) is 6.50. The van der Waals surface area contributed by atoms with Crippen LogP contribution in [0.25, 0.3) is 0 Å². The standard InChI is InChI=1S/C14H18N4O2S/c1-3-11-6-8-12(9-7-11)18(2)21(19,20)13-5-4-10-16-14(13)17-15/h4-10H,3,15H2,1-2H3,(H,16,17). The Bertz CT molecular complexity index is 714. The van der Waals surface area contributed by atoms with Gasteiger partial charge in [0.1, 0.15) is 4.90 Å². The monoisotopic (exact) mass is 306 g/mol. The molecule has 0 bridgehead atoms. The molecule has 1 heterocycles. The van der Waals surface area contributed by atoms with Crippen LogP contribution in [0.5, 0.6) is 0 Å². The zero-order valence-corrected chi connectivity index (χ0v) is 12.8. The number of nitrogens with two attached hydrogens (primary N) is 1. The van der Waals surface area contributed by atoms with Gasteiger partial charge in [-0.2, -0.15) is 0 Å². The van der Waals surface area contributed by atoms with Gasteiger partial charge in [0.2, 0.25) is 0 Å². The van der Waals surface area contributed by atoms with Crippen molar-refractivity contribution in [3.63, 3.8) is 0 Å². The van der Waals surface area contributed by atoms with Crippen LogP contribution in [0.3, 0.4) is 0 Å². The number of aryl methyl sites for hydroxylation is 1. The van der Waals surface area contributed by atoms with Crippen LogP contribution in [0, 0.1) is 0 Å². The van der Waals surface area contributed by atoms with Crippen LogP contribution in [-0.4, -0.2) is 20.4 Å². The van der Waals surface area contributed by atoms with Crippen molar-refractivity contribution in [2.24, 2.45) is 5.84 Å². The summed E-state index contributed by atoms with van der Waals surface area (Å²) >= 11 is 0. The molecule has 0 aliphatic heterocycles. The van der Waals surface area contributed by atoms with Gasteiger partial charge in [-0.05, 0) is 36.2 Å². The first-order valence-corrected chi connectivity index (χ1v) is 7.94. The number of anilines is 2. The maximum absolute atomic E-state index is 12.7. The van der Waals surface area contributed by atoms with Crippen LogP contribution in [0.2, 0.25) is 0 Å². The molecule has 0 saturated heterocycles. The molecule has 6 nitrogen and oxygen atoms in total. The Balaban J connectivity index is 2.42. The molecule has 0 aliphatic carbocycles. The van der Waals surface area contributed by atoms with Crippen LogP contribution in [0.4, 0.5) is 11.5 Å². The Morgan fingerprint density at radius 1 is 1.24 bits per heavy atom. The predicted molar refractivity (Wildman–Crippen MR) is 83.5 cm³/mol. The predicted octanol–water partition coefficient (Wildman–Crippen LogP) is 1.75. The van der Waals surface area contributed by atoms with E-state index in [1.54, 1.807) is 18.2 Å². The van der Waals surface area contributed by atoms with Crippen molar-refractivity contribution in [3.8, 4) is 0 Å². The first-order chi connectivity index (χ1) is 10.0. The Morgan fingerprint density at radius 3 is 2.48 bits per heavy atom. The summed E-state index contributed by atoms with van der Waals surface area (Å²) < 4.78 is 26.5. The zero-order valence-electron chi connectivity index (χ0n) is 11.9. The molecule has 1 aromatic heterocycles. The minimum atomic E-state index is -3.73. The first kappa shape index (κ1) is 15.3. The SMILES string of the molecule is CCc1ccc(N(C)S(=O)(=O)c2cccnc2NN)cc1. The summed E-state index contributed by atoms with van der Waals surface area (Å²) in [4.78, 5) is 3.96. The number of rotatable bonds is 5. The van der Waals surface area contributed by atoms with E-state index in [2.05, 4.69) is 10.4 Å². The quantitative estimate of drug-likeness (QED) is 0.649. The molecule has 0 spiro atoms. The highest BCUT2D eigenvalue weighted by Crippen LogP contribution is 2.25. The highest BCUT2D eigenvalue weighted by molar-refractivity contribution is 7.93. The molecule has 7 heteroatoms. The summed E-state index contributed by atoms with van der Waals surface area (Å²) in [6.07, 6.45) is 2.38. The minimum absolute atomic E-state index is 0.0366. The second kappa shape index (κ2) is 6.11.